The quantitative estimate of drug-likeness (QED) is 0.541. The van der Waals surface area contributed by atoms with E-state index in [1.807, 2.05) is 0 Å². The van der Waals surface area contributed by atoms with Crippen LogP contribution in [0.5, 0.6) is 5.88 Å². The summed E-state index contributed by atoms with van der Waals surface area (Å²) in [6.07, 6.45) is 0.803. The maximum Gasteiger partial charge on any atom is 0.218 e. The Morgan fingerprint density at radius 1 is 1.19 bits per heavy atom. The highest BCUT2D eigenvalue weighted by atomic mass is 35.5. The van der Waals surface area contributed by atoms with Crippen molar-refractivity contribution in [3.05, 3.63) is 17.0 Å². The van der Waals surface area contributed by atoms with E-state index in [1.54, 1.807) is 20.3 Å². The fraction of sp³-hybridized carbons (Fsp3) is 0.600. The fourth-order valence-corrected chi connectivity index (χ4v) is 1.28. The fourth-order valence-electron chi connectivity index (χ4n) is 1.09. The average molecular weight is 247 g/mol. The van der Waals surface area contributed by atoms with Gasteiger partial charge >= 0.3 is 0 Å². The second-order valence-electron chi connectivity index (χ2n) is 3.07. The summed E-state index contributed by atoms with van der Waals surface area (Å²) >= 11 is 5.81. The first-order valence-corrected chi connectivity index (χ1v) is 5.28. The highest BCUT2D eigenvalue weighted by molar-refractivity contribution is 6.29. The summed E-state index contributed by atoms with van der Waals surface area (Å²) < 4.78 is 15.2. The van der Waals surface area contributed by atoms with Crippen LogP contribution in [0.3, 0.4) is 0 Å². The Hall–Kier alpha value is -0.910. The molecule has 0 aliphatic rings. The maximum atomic E-state index is 5.81. The summed E-state index contributed by atoms with van der Waals surface area (Å²) in [5, 5.41) is 0.351. The van der Waals surface area contributed by atoms with Gasteiger partial charge < -0.3 is 14.2 Å². The zero-order chi connectivity index (χ0) is 11.8. The largest absolute Gasteiger partial charge is 0.477 e. The van der Waals surface area contributed by atoms with Gasteiger partial charge in [0.05, 0.1) is 6.61 Å². The third-order valence-corrected chi connectivity index (χ3v) is 1.93. The van der Waals surface area contributed by atoms with E-state index in [-0.39, 0.29) is 0 Å². The maximum absolute atomic E-state index is 5.81. The molecule has 6 heteroatoms. The highest BCUT2D eigenvalue weighted by Gasteiger charge is 2.03. The van der Waals surface area contributed by atoms with Crippen molar-refractivity contribution in [3.8, 4) is 5.88 Å². The number of hydrogen-bond donors (Lipinski definition) is 0. The molecule has 1 rings (SSSR count). The minimum atomic E-state index is 0.314. The summed E-state index contributed by atoms with van der Waals surface area (Å²) in [5.74, 6) is 0.972. The molecule has 0 aliphatic heterocycles. The number of nitrogens with zero attached hydrogens (tertiary/aromatic N) is 2. The van der Waals surface area contributed by atoms with Gasteiger partial charge in [-0.3, -0.25) is 0 Å². The van der Waals surface area contributed by atoms with Crippen LogP contribution in [0.1, 0.15) is 12.2 Å². The summed E-state index contributed by atoms with van der Waals surface area (Å²) in [6.45, 7) is 1.51. The summed E-state index contributed by atoms with van der Waals surface area (Å²) in [5.41, 5.74) is 0. The molecule has 0 aromatic carbocycles. The first-order valence-electron chi connectivity index (χ1n) is 4.90. The van der Waals surface area contributed by atoms with Crippen molar-refractivity contribution in [2.45, 2.75) is 13.0 Å². The Morgan fingerprint density at radius 2 is 2.00 bits per heavy atom. The van der Waals surface area contributed by atoms with Crippen molar-refractivity contribution < 1.29 is 14.2 Å². The molecule has 5 nitrogen and oxygen atoms in total. The van der Waals surface area contributed by atoms with Crippen LogP contribution >= 0.6 is 11.6 Å². The van der Waals surface area contributed by atoms with E-state index in [4.69, 9.17) is 25.8 Å². The molecule has 0 atom stereocenters. The lowest BCUT2D eigenvalue weighted by Gasteiger charge is -2.06. The summed E-state index contributed by atoms with van der Waals surface area (Å²) in [6, 6.07) is 1.58. The number of ether oxygens (including phenoxy) is 3. The Balaban J connectivity index is 2.51. The Labute approximate surface area is 99.7 Å². The molecule has 0 bridgehead atoms. The number of methoxy groups -OCH3 is 2. The lowest BCUT2D eigenvalue weighted by molar-refractivity contribution is 0.166. The molecule has 0 amide bonds. The van der Waals surface area contributed by atoms with Crippen molar-refractivity contribution in [1.82, 2.24) is 9.97 Å². The van der Waals surface area contributed by atoms with Crippen LogP contribution in [-0.4, -0.2) is 37.4 Å². The molecular formula is C10H15ClN2O3. The lowest BCUT2D eigenvalue weighted by atomic mass is 10.5. The number of hydrogen-bond acceptors (Lipinski definition) is 5. The Bertz CT molecular complexity index is 323. The second-order valence-corrected chi connectivity index (χ2v) is 3.46. The molecule has 0 spiro atoms. The molecule has 1 aromatic rings. The molecule has 0 radical (unpaired) electrons. The van der Waals surface area contributed by atoms with E-state index >= 15 is 0 Å². The van der Waals surface area contributed by atoms with Gasteiger partial charge in [-0.05, 0) is 0 Å². The number of aromatic nitrogens is 2. The van der Waals surface area contributed by atoms with Gasteiger partial charge in [0.25, 0.3) is 0 Å². The van der Waals surface area contributed by atoms with E-state index in [2.05, 4.69) is 9.97 Å². The summed E-state index contributed by atoms with van der Waals surface area (Å²) in [4.78, 5) is 8.13. The Morgan fingerprint density at radius 3 is 2.69 bits per heavy atom. The van der Waals surface area contributed by atoms with Gasteiger partial charge in [0.1, 0.15) is 11.8 Å². The van der Waals surface area contributed by atoms with Crippen LogP contribution in [-0.2, 0) is 16.1 Å². The Kier molecular flexibility index (Phi) is 6.07. The van der Waals surface area contributed by atoms with Gasteiger partial charge in [-0.2, -0.15) is 4.98 Å². The van der Waals surface area contributed by atoms with Crippen LogP contribution < -0.4 is 4.74 Å². The van der Waals surface area contributed by atoms with E-state index < -0.39 is 0 Å². The average Bonchev–Trinajstić information content (AvgIpc) is 2.24. The molecule has 0 saturated heterocycles. The van der Waals surface area contributed by atoms with Gasteiger partial charge in [-0.15, -0.1) is 0 Å². The number of rotatable bonds is 7. The van der Waals surface area contributed by atoms with Gasteiger partial charge in [-0.25, -0.2) is 4.98 Å². The van der Waals surface area contributed by atoms with Crippen LogP contribution in [0, 0.1) is 0 Å². The SMILES string of the molecule is COCCCOc1cc(Cl)nc(COC)n1. The molecule has 0 N–H and O–H groups in total. The molecular weight excluding hydrogens is 232 g/mol. The van der Waals surface area contributed by atoms with E-state index in [0.717, 1.165) is 6.42 Å². The minimum absolute atomic E-state index is 0.314. The van der Waals surface area contributed by atoms with Crippen LogP contribution in [0.25, 0.3) is 0 Å². The highest BCUT2D eigenvalue weighted by Crippen LogP contribution is 2.14. The van der Waals surface area contributed by atoms with Crippen LogP contribution in [0.15, 0.2) is 6.07 Å². The van der Waals surface area contributed by atoms with E-state index in [9.17, 15) is 0 Å². The second kappa shape index (κ2) is 7.38. The normalized spacial score (nSPS) is 10.4. The minimum Gasteiger partial charge on any atom is -0.477 e. The molecule has 90 valence electrons. The van der Waals surface area contributed by atoms with Crippen molar-refractivity contribution in [2.24, 2.45) is 0 Å². The van der Waals surface area contributed by atoms with Gasteiger partial charge in [0.2, 0.25) is 5.88 Å². The summed E-state index contributed by atoms with van der Waals surface area (Å²) in [7, 11) is 3.22. The van der Waals surface area contributed by atoms with Gasteiger partial charge in [0.15, 0.2) is 5.82 Å². The van der Waals surface area contributed by atoms with Crippen molar-refractivity contribution in [3.63, 3.8) is 0 Å². The zero-order valence-corrected chi connectivity index (χ0v) is 10.2. The molecule has 0 saturated carbocycles. The van der Waals surface area contributed by atoms with E-state index in [1.165, 1.54) is 0 Å². The predicted octanol–water partition coefficient (Wildman–Crippen LogP) is 1.69. The topological polar surface area (TPSA) is 53.5 Å². The molecule has 0 aliphatic carbocycles. The van der Waals surface area contributed by atoms with Gasteiger partial charge in [0, 0.05) is 33.3 Å². The predicted molar refractivity (Wildman–Crippen MR) is 59.7 cm³/mol. The monoisotopic (exact) mass is 246 g/mol. The molecule has 1 aromatic heterocycles. The van der Waals surface area contributed by atoms with Crippen LogP contribution in [0.2, 0.25) is 5.15 Å². The van der Waals surface area contributed by atoms with E-state index in [0.29, 0.717) is 36.7 Å². The van der Waals surface area contributed by atoms with Crippen LogP contribution in [0.4, 0.5) is 0 Å². The first kappa shape index (κ1) is 13.2. The smallest absolute Gasteiger partial charge is 0.218 e. The van der Waals surface area contributed by atoms with Crippen molar-refractivity contribution in [1.29, 1.82) is 0 Å². The van der Waals surface area contributed by atoms with Crippen molar-refractivity contribution in [2.75, 3.05) is 27.4 Å². The lowest BCUT2D eigenvalue weighted by Crippen LogP contribution is -2.05. The molecule has 16 heavy (non-hydrogen) atoms. The molecule has 1 heterocycles. The van der Waals surface area contributed by atoms with Crippen molar-refractivity contribution >= 4 is 11.6 Å². The zero-order valence-electron chi connectivity index (χ0n) is 9.40. The molecule has 0 fully saturated rings. The molecule has 0 unspecified atom stereocenters. The van der Waals surface area contributed by atoms with Gasteiger partial charge in [-0.1, -0.05) is 11.6 Å². The third kappa shape index (κ3) is 4.74. The first-order chi connectivity index (χ1) is 7.76. The third-order valence-electron chi connectivity index (χ3n) is 1.73. The standard InChI is InChI=1S/C10H15ClN2O3/c1-14-4-3-5-16-10-6-8(11)12-9(13-10)7-15-2/h6H,3-5,7H2,1-2H3. The number of halogens is 1.